The molecule has 0 fully saturated rings. The summed E-state index contributed by atoms with van der Waals surface area (Å²) in [6.07, 6.45) is 0. The van der Waals surface area contributed by atoms with Gasteiger partial charge in [0.2, 0.25) is 0 Å². The first-order valence-corrected chi connectivity index (χ1v) is 19.7. The van der Waals surface area contributed by atoms with Crippen LogP contribution in [0.25, 0.3) is 38.4 Å². The first-order chi connectivity index (χ1) is 24.1. The van der Waals surface area contributed by atoms with E-state index in [0.29, 0.717) is 16.5 Å². The molecule has 7 aromatic carbocycles. The summed E-state index contributed by atoms with van der Waals surface area (Å²) >= 11 is 0. The number of aromatic nitrogens is 2. The molecule has 0 aliphatic rings. The second-order valence-corrected chi connectivity index (χ2v) is 17.7. The molecule has 0 aliphatic heterocycles. The SMILES string of the molecule is O=P(c1ccccc1)(c1ccccc1)c1cccc2c1nc1c3c(P(=O)(c4ccccc4)c4ccccc4)cccc3c3ccccc3n21. The fourth-order valence-corrected chi connectivity index (χ4v) is 13.0. The minimum Gasteiger partial charge on any atom is -0.309 e. The van der Waals surface area contributed by atoms with E-state index >= 15 is 9.13 Å². The Morgan fingerprint density at radius 2 is 0.796 bits per heavy atom. The molecule has 2 heterocycles. The monoisotopic (exact) mass is 668 g/mol. The second-order valence-electron chi connectivity index (χ2n) is 12.2. The molecule has 9 aromatic rings. The van der Waals surface area contributed by atoms with Gasteiger partial charge in [0.25, 0.3) is 0 Å². The minimum absolute atomic E-state index is 0.667. The molecule has 0 saturated heterocycles. The Kier molecular flexibility index (Phi) is 6.99. The van der Waals surface area contributed by atoms with E-state index in [1.54, 1.807) is 0 Å². The largest absolute Gasteiger partial charge is 0.309 e. The third kappa shape index (κ3) is 4.42. The zero-order chi connectivity index (χ0) is 33.0. The molecular formula is C43H30N2O2P2. The zero-order valence-corrected chi connectivity index (χ0v) is 28.2. The Labute approximate surface area is 284 Å². The van der Waals surface area contributed by atoms with Crippen molar-refractivity contribution in [3.8, 4) is 0 Å². The van der Waals surface area contributed by atoms with E-state index < -0.39 is 14.3 Å². The van der Waals surface area contributed by atoms with Gasteiger partial charge in [-0.25, -0.2) is 4.98 Å². The Hall–Kier alpha value is -5.53. The molecule has 0 unspecified atom stereocenters. The maximum atomic E-state index is 15.9. The maximum absolute atomic E-state index is 15.9. The number of benzene rings is 7. The van der Waals surface area contributed by atoms with Crippen molar-refractivity contribution in [3.63, 3.8) is 0 Å². The van der Waals surface area contributed by atoms with Gasteiger partial charge in [-0.15, -0.1) is 0 Å². The minimum atomic E-state index is -3.40. The third-order valence-corrected chi connectivity index (χ3v) is 15.7. The molecule has 0 spiro atoms. The molecule has 6 heteroatoms. The van der Waals surface area contributed by atoms with Gasteiger partial charge >= 0.3 is 0 Å². The third-order valence-electron chi connectivity index (χ3n) is 9.52. The van der Waals surface area contributed by atoms with Crippen LogP contribution in [-0.2, 0) is 9.13 Å². The van der Waals surface area contributed by atoms with E-state index in [9.17, 15) is 0 Å². The van der Waals surface area contributed by atoms with Crippen molar-refractivity contribution in [1.29, 1.82) is 0 Å². The van der Waals surface area contributed by atoms with Crippen molar-refractivity contribution in [2.75, 3.05) is 0 Å². The lowest BCUT2D eigenvalue weighted by atomic mass is 10.1. The number of imidazole rings is 1. The summed E-state index contributed by atoms with van der Waals surface area (Å²) < 4.78 is 33.8. The molecule has 0 N–H and O–H groups in total. The summed E-state index contributed by atoms with van der Waals surface area (Å²) in [5.41, 5.74) is 3.18. The van der Waals surface area contributed by atoms with E-state index in [1.165, 1.54) is 0 Å². The molecule has 0 amide bonds. The van der Waals surface area contributed by atoms with Crippen LogP contribution >= 0.6 is 14.3 Å². The van der Waals surface area contributed by atoms with Gasteiger partial charge in [0.15, 0.2) is 14.3 Å². The predicted molar refractivity (Wildman–Crippen MR) is 206 cm³/mol. The van der Waals surface area contributed by atoms with Crippen LogP contribution in [0.2, 0.25) is 0 Å². The molecule has 9 rings (SSSR count). The van der Waals surface area contributed by atoms with Crippen molar-refractivity contribution in [3.05, 3.63) is 182 Å². The van der Waals surface area contributed by atoms with Crippen molar-refractivity contribution in [2.45, 2.75) is 0 Å². The molecular weight excluding hydrogens is 638 g/mol. The summed E-state index contributed by atoms with van der Waals surface area (Å²) in [5.74, 6) is 0. The second kappa shape index (κ2) is 11.6. The van der Waals surface area contributed by atoms with Gasteiger partial charge in [-0.2, -0.15) is 0 Å². The lowest BCUT2D eigenvalue weighted by Gasteiger charge is -2.22. The molecule has 0 radical (unpaired) electrons. The van der Waals surface area contributed by atoms with E-state index in [-0.39, 0.29) is 0 Å². The van der Waals surface area contributed by atoms with E-state index in [2.05, 4.69) is 22.6 Å². The molecule has 49 heavy (non-hydrogen) atoms. The Bertz CT molecular complexity index is 2680. The highest BCUT2D eigenvalue weighted by Crippen LogP contribution is 2.48. The van der Waals surface area contributed by atoms with Gasteiger partial charge in [-0.3, -0.25) is 4.40 Å². The fraction of sp³-hybridized carbons (Fsp3) is 0. The first-order valence-electron chi connectivity index (χ1n) is 16.3. The van der Waals surface area contributed by atoms with Crippen molar-refractivity contribution in [2.24, 2.45) is 0 Å². The van der Waals surface area contributed by atoms with Crippen LogP contribution in [0, 0.1) is 0 Å². The normalized spacial score (nSPS) is 12.2. The van der Waals surface area contributed by atoms with Crippen molar-refractivity contribution in [1.82, 2.24) is 9.38 Å². The Morgan fingerprint density at radius 1 is 0.388 bits per heavy atom. The van der Waals surface area contributed by atoms with Gasteiger partial charge < -0.3 is 9.13 Å². The van der Waals surface area contributed by atoms with Crippen LogP contribution in [0.15, 0.2) is 182 Å². The summed E-state index contributed by atoms with van der Waals surface area (Å²) in [7, 11) is -6.76. The first kappa shape index (κ1) is 29.6. The smallest absolute Gasteiger partial charge is 0.173 e. The van der Waals surface area contributed by atoms with Gasteiger partial charge in [0, 0.05) is 42.6 Å². The van der Waals surface area contributed by atoms with E-state index in [1.807, 2.05) is 164 Å². The Balaban J connectivity index is 1.47. The van der Waals surface area contributed by atoms with Gasteiger partial charge in [0.05, 0.1) is 11.0 Å². The van der Waals surface area contributed by atoms with E-state index in [0.717, 1.165) is 53.7 Å². The standard InChI is InChI=1S/C43H30N2O2P2/c46-48(31-17-5-1-6-18-31,32-19-7-2-8-20-32)39-29-15-26-36-35-25-13-14-27-37(35)45-38-28-16-30-40(42(38)44-43(45)41(36)39)49(47,33-21-9-3-10-22-33)34-23-11-4-12-24-34/h1-30H. The summed E-state index contributed by atoms with van der Waals surface area (Å²) in [4.78, 5) is 5.44. The van der Waals surface area contributed by atoms with Crippen molar-refractivity contribution < 1.29 is 9.13 Å². The lowest BCUT2D eigenvalue weighted by Crippen LogP contribution is -2.26. The molecule has 0 bridgehead atoms. The van der Waals surface area contributed by atoms with Crippen LogP contribution in [-0.4, -0.2) is 9.38 Å². The zero-order valence-electron chi connectivity index (χ0n) is 26.4. The Morgan fingerprint density at radius 3 is 1.35 bits per heavy atom. The van der Waals surface area contributed by atoms with Gasteiger partial charge in [-0.1, -0.05) is 164 Å². The highest BCUT2D eigenvalue weighted by molar-refractivity contribution is 7.86. The highest BCUT2D eigenvalue weighted by Gasteiger charge is 2.35. The summed E-state index contributed by atoms with van der Waals surface area (Å²) in [5, 5.41) is 7.24. The molecule has 234 valence electrons. The summed E-state index contributed by atoms with van der Waals surface area (Å²) in [6.45, 7) is 0. The number of rotatable bonds is 6. The highest BCUT2D eigenvalue weighted by atomic mass is 31.2. The van der Waals surface area contributed by atoms with Crippen LogP contribution < -0.4 is 31.8 Å². The molecule has 0 atom stereocenters. The maximum Gasteiger partial charge on any atom is 0.173 e. The number of fused-ring (bicyclic) bond motifs is 8. The topological polar surface area (TPSA) is 51.4 Å². The van der Waals surface area contributed by atoms with Crippen LogP contribution in [0.3, 0.4) is 0 Å². The predicted octanol–water partition coefficient (Wildman–Crippen LogP) is 8.07. The fourth-order valence-electron chi connectivity index (χ4n) is 7.31. The number of hydrogen-bond donors (Lipinski definition) is 0. The number of para-hydroxylation sites is 2. The quantitative estimate of drug-likeness (QED) is 0.133. The number of hydrogen-bond acceptors (Lipinski definition) is 3. The van der Waals surface area contributed by atoms with E-state index in [4.69, 9.17) is 4.98 Å². The molecule has 4 nitrogen and oxygen atoms in total. The van der Waals surface area contributed by atoms with Gasteiger partial charge in [0.1, 0.15) is 11.2 Å². The molecule has 0 aliphatic carbocycles. The average Bonchev–Trinajstić information content (AvgIpc) is 3.59. The molecule has 0 saturated carbocycles. The van der Waals surface area contributed by atoms with Gasteiger partial charge in [-0.05, 0) is 23.6 Å². The molecule has 2 aromatic heterocycles. The lowest BCUT2D eigenvalue weighted by molar-refractivity contribution is 0.592. The number of nitrogens with zero attached hydrogens (tertiary/aromatic N) is 2. The van der Waals surface area contributed by atoms with Crippen LogP contribution in [0.4, 0.5) is 0 Å². The van der Waals surface area contributed by atoms with Crippen LogP contribution in [0.5, 0.6) is 0 Å². The average molecular weight is 669 g/mol. The van der Waals surface area contributed by atoms with Crippen molar-refractivity contribution >= 4 is 84.5 Å². The van der Waals surface area contributed by atoms with Crippen LogP contribution in [0.1, 0.15) is 0 Å². The summed E-state index contributed by atoms with van der Waals surface area (Å²) in [6, 6.07) is 59.3. The number of pyridine rings is 1.